The highest BCUT2D eigenvalue weighted by Gasteiger charge is 2.23. The topological polar surface area (TPSA) is 43.4 Å². The highest BCUT2D eigenvalue weighted by atomic mass is 32.1. The molecule has 1 atom stereocenters. The quantitative estimate of drug-likeness (QED) is 0.500. The molecule has 0 fully saturated rings. The van der Waals surface area contributed by atoms with Crippen LogP contribution < -0.4 is 0 Å². The van der Waals surface area contributed by atoms with Crippen LogP contribution in [0.3, 0.4) is 0 Å². The summed E-state index contributed by atoms with van der Waals surface area (Å²) in [5.74, 6) is -0.590. The van der Waals surface area contributed by atoms with E-state index in [1.165, 1.54) is 22.5 Å². The number of aryl methyl sites for hydroxylation is 2. The molecule has 0 N–H and O–H groups in total. The zero-order valence-electron chi connectivity index (χ0n) is 14.0. The van der Waals surface area contributed by atoms with E-state index < -0.39 is 12.1 Å². The van der Waals surface area contributed by atoms with Gasteiger partial charge in [0.25, 0.3) is 0 Å². The number of carbonyl (C=O) groups is 2. The van der Waals surface area contributed by atoms with E-state index in [0.717, 1.165) is 29.3 Å². The number of ketones is 1. The van der Waals surface area contributed by atoms with Crippen molar-refractivity contribution in [3.05, 3.63) is 70.1 Å². The lowest BCUT2D eigenvalue weighted by Gasteiger charge is -2.12. The minimum Gasteiger partial charge on any atom is -0.450 e. The molecular weight excluding hydrogens is 332 g/mol. The van der Waals surface area contributed by atoms with E-state index in [1.807, 2.05) is 48.5 Å². The molecule has 0 spiro atoms. The molecule has 3 nitrogen and oxygen atoms in total. The number of Topliss-reactive ketones (excluding diaryl/α,β-unsaturated/α-hetero) is 1. The molecule has 25 heavy (non-hydrogen) atoms. The standard InChI is InChI=1S/C21H18O3S/c1-13(20(22)17-10-9-14-6-4-7-15(14)11-17)24-21(23)19-12-16-5-2-3-8-18(16)25-19/h2-3,5,8-13H,4,6-7H2,1H3/t13-/m0/s1. The molecule has 2 aromatic carbocycles. The Balaban J connectivity index is 1.49. The number of hydrogen-bond acceptors (Lipinski definition) is 4. The van der Waals surface area contributed by atoms with Gasteiger partial charge in [-0.05, 0) is 60.9 Å². The van der Waals surface area contributed by atoms with Gasteiger partial charge in [-0.1, -0.05) is 30.3 Å². The maximum absolute atomic E-state index is 12.6. The molecule has 0 saturated carbocycles. The number of benzene rings is 2. The van der Waals surface area contributed by atoms with Crippen LogP contribution in [0.2, 0.25) is 0 Å². The van der Waals surface area contributed by atoms with Gasteiger partial charge in [0.15, 0.2) is 6.10 Å². The largest absolute Gasteiger partial charge is 0.450 e. The van der Waals surface area contributed by atoms with E-state index >= 15 is 0 Å². The maximum atomic E-state index is 12.6. The summed E-state index contributed by atoms with van der Waals surface area (Å²) in [5, 5.41) is 1.01. The third kappa shape index (κ3) is 3.10. The van der Waals surface area contributed by atoms with E-state index in [-0.39, 0.29) is 5.78 Å². The van der Waals surface area contributed by atoms with E-state index in [1.54, 1.807) is 6.92 Å². The molecule has 0 aliphatic heterocycles. The van der Waals surface area contributed by atoms with Crippen LogP contribution in [0.15, 0.2) is 48.5 Å². The number of hydrogen-bond donors (Lipinski definition) is 0. The monoisotopic (exact) mass is 350 g/mol. The number of carbonyl (C=O) groups excluding carboxylic acids is 2. The molecule has 126 valence electrons. The number of ether oxygens (including phenoxy) is 1. The van der Waals surface area contributed by atoms with Crippen molar-refractivity contribution in [2.45, 2.75) is 32.3 Å². The first-order chi connectivity index (χ1) is 12.1. The second kappa shape index (κ2) is 6.45. The zero-order valence-corrected chi connectivity index (χ0v) is 14.8. The maximum Gasteiger partial charge on any atom is 0.349 e. The summed E-state index contributed by atoms with van der Waals surface area (Å²) in [4.78, 5) is 25.5. The smallest absolute Gasteiger partial charge is 0.349 e. The van der Waals surface area contributed by atoms with Crippen molar-refractivity contribution in [1.29, 1.82) is 0 Å². The van der Waals surface area contributed by atoms with E-state index in [0.29, 0.717) is 10.4 Å². The van der Waals surface area contributed by atoms with Gasteiger partial charge in [-0.25, -0.2) is 4.79 Å². The Morgan fingerprint density at radius 1 is 1.04 bits per heavy atom. The minimum absolute atomic E-state index is 0.149. The van der Waals surface area contributed by atoms with Crippen molar-refractivity contribution in [2.24, 2.45) is 0 Å². The zero-order chi connectivity index (χ0) is 17.4. The summed E-state index contributed by atoms with van der Waals surface area (Å²) < 4.78 is 6.46. The van der Waals surface area contributed by atoms with Crippen molar-refractivity contribution in [1.82, 2.24) is 0 Å². The molecule has 0 unspecified atom stereocenters. The fourth-order valence-corrected chi connectivity index (χ4v) is 4.26. The fraction of sp³-hybridized carbons (Fsp3) is 0.238. The van der Waals surface area contributed by atoms with Crippen LogP contribution in [0, 0.1) is 0 Å². The van der Waals surface area contributed by atoms with Gasteiger partial charge in [-0.3, -0.25) is 4.79 Å². The lowest BCUT2D eigenvalue weighted by molar-refractivity contribution is 0.0323. The predicted molar refractivity (Wildman–Crippen MR) is 99.5 cm³/mol. The van der Waals surface area contributed by atoms with Crippen molar-refractivity contribution in [3.8, 4) is 0 Å². The van der Waals surface area contributed by atoms with Gasteiger partial charge in [0.05, 0.1) is 0 Å². The Hall–Kier alpha value is -2.46. The van der Waals surface area contributed by atoms with Crippen molar-refractivity contribution in [3.63, 3.8) is 0 Å². The highest BCUT2D eigenvalue weighted by Crippen LogP contribution is 2.27. The second-order valence-corrected chi connectivity index (χ2v) is 7.48. The Bertz CT molecular complexity index is 937. The number of rotatable bonds is 4. The Labute approximate surface area is 150 Å². The number of fused-ring (bicyclic) bond motifs is 2. The minimum atomic E-state index is -0.794. The van der Waals surface area contributed by atoms with Crippen LogP contribution in [-0.2, 0) is 17.6 Å². The lowest BCUT2D eigenvalue weighted by atomic mass is 10.0. The fourth-order valence-electron chi connectivity index (χ4n) is 3.31. The molecule has 1 aliphatic rings. The molecule has 0 amide bonds. The van der Waals surface area contributed by atoms with Crippen LogP contribution >= 0.6 is 11.3 Å². The van der Waals surface area contributed by atoms with E-state index in [4.69, 9.17) is 4.74 Å². The normalized spacial score (nSPS) is 14.3. The first kappa shape index (κ1) is 16.0. The van der Waals surface area contributed by atoms with Crippen molar-refractivity contribution < 1.29 is 14.3 Å². The van der Waals surface area contributed by atoms with Crippen LogP contribution in [0.5, 0.6) is 0 Å². The summed E-state index contributed by atoms with van der Waals surface area (Å²) in [6.45, 7) is 1.64. The van der Waals surface area contributed by atoms with Crippen LogP contribution in [0.1, 0.15) is 44.5 Å². The Morgan fingerprint density at radius 2 is 1.84 bits per heavy atom. The molecule has 4 heteroatoms. The first-order valence-electron chi connectivity index (χ1n) is 8.47. The Kier molecular flexibility index (Phi) is 4.14. The summed E-state index contributed by atoms with van der Waals surface area (Å²) in [6.07, 6.45) is 2.45. The van der Waals surface area contributed by atoms with Crippen LogP contribution in [0.4, 0.5) is 0 Å². The van der Waals surface area contributed by atoms with Gasteiger partial charge in [0.2, 0.25) is 5.78 Å². The van der Waals surface area contributed by atoms with Crippen LogP contribution in [0.25, 0.3) is 10.1 Å². The summed E-state index contributed by atoms with van der Waals surface area (Å²) >= 11 is 1.39. The van der Waals surface area contributed by atoms with Crippen LogP contribution in [-0.4, -0.2) is 17.9 Å². The third-order valence-electron chi connectivity index (χ3n) is 4.66. The number of thiophene rings is 1. The van der Waals surface area contributed by atoms with Crippen molar-refractivity contribution >= 4 is 33.2 Å². The number of esters is 1. The van der Waals surface area contributed by atoms with Gasteiger partial charge in [-0.15, -0.1) is 11.3 Å². The highest BCUT2D eigenvalue weighted by molar-refractivity contribution is 7.20. The van der Waals surface area contributed by atoms with E-state index in [2.05, 4.69) is 0 Å². The van der Waals surface area contributed by atoms with Gasteiger partial charge in [0, 0.05) is 10.3 Å². The molecular formula is C21H18O3S. The van der Waals surface area contributed by atoms with E-state index in [9.17, 15) is 9.59 Å². The van der Waals surface area contributed by atoms with Gasteiger partial charge in [0.1, 0.15) is 4.88 Å². The predicted octanol–water partition coefficient (Wildman–Crippen LogP) is 4.82. The molecule has 1 aromatic heterocycles. The van der Waals surface area contributed by atoms with Crippen molar-refractivity contribution in [2.75, 3.05) is 0 Å². The van der Waals surface area contributed by atoms with Gasteiger partial charge >= 0.3 is 5.97 Å². The molecule has 1 aliphatic carbocycles. The average molecular weight is 350 g/mol. The lowest BCUT2D eigenvalue weighted by Crippen LogP contribution is -2.24. The summed E-state index contributed by atoms with van der Waals surface area (Å²) in [5.41, 5.74) is 3.19. The SMILES string of the molecule is C[C@H](OC(=O)c1cc2ccccc2s1)C(=O)c1ccc2c(c1)CCC2. The molecule has 1 heterocycles. The average Bonchev–Trinajstić information content (AvgIpc) is 3.26. The Morgan fingerprint density at radius 3 is 2.68 bits per heavy atom. The molecule has 4 rings (SSSR count). The molecule has 0 radical (unpaired) electrons. The molecule has 0 bridgehead atoms. The van der Waals surface area contributed by atoms with Gasteiger partial charge < -0.3 is 4.74 Å². The summed E-state index contributed by atoms with van der Waals surface area (Å²) in [6, 6.07) is 15.4. The molecule has 3 aromatic rings. The molecule has 0 saturated heterocycles. The third-order valence-corrected chi connectivity index (χ3v) is 5.76. The summed E-state index contributed by atoms with van der Waals surface area (Å²) in [7, 11) is 0. The van der Waals surface area contributed by atoms with Gasteiger partial charge in [-0.2, -0.15) is 0 Å². The second-order valence-electron chi connectivity index (χ2n) is 6.40. The first-order valence-corrected chi connectivity index (χ1v) is 9.29.